The molecule has 0 saturated heterocycles. The van der Waals surface area contributed by atoms with E-state index in [1.807, 2.05) is 6.92 Å². The third-order valence-electron chi connectivity index (χ3n) is 4.17. The fraction of sp³-hybridized carbons (Fsp3) is 0.190. The van der Waals surface area contributed by atoms with E-state index in [9.17, 15) is 13.2 Å². The lowest BCUT2D eigenvalue weighted by Crippen LogP contribution is -2.15. The van der Waals surface area contributed by atoms with Crippen LogP contribution in [0.4, 0.5) is 11.5 Å². The van der Waals surface area contributed by atoms with Crippen molar-refractivity contribution in [2.45, 2.75) is 18.2 Å². The molecule has 3 aromatic rings. The van der Waals surface area contributed by atoms with Crippen LogP contribution in [0.5, 0.6) is 11.6 Å². The first-order chi connectivity index (χ1) is 15.3. The molecule has 0 spiro atoms. The summed E-state index contributed by atoms with van der Waals surface area (Å²) in [6, 6.07) is 12.2. The van der Waals surface area contributed by atoms with Crippen LogP contribution in [0.2, 0.25) is 0 Å². The fourth-order valence-electron chi connectivity index (χ4n) is 2.60. The maximum atomic E-state index is 12.6. The summed E-state index contributed by atoms with van der Waals surface area (Å²) in [7, 11) is -2.46. The van der Waals surface area contributed by atoms with Gasteiger partial charge in [-0.15, -0.1) is 0 Å². The van der Waals surface area contributed by atoms with Gasteiger partial charge in [0.05, 0.1) is 23.1 Å². The van der Waals surface area contributed by atoms with Crippen molar-refractivity contribution in [1.82, 2.24) is 9.97 Å². The molecule has 2 N–H and O–H groups in total. The minimum absolute atomic E-state index is 0.00764. The third kappa shape index (κ3) is 5.95. The van der Waals surface area contributed by atoms with Gasteiger partial charge in [0.25, 0.3) is 15.9 Å². The molecule has 1 amide bonds. The van der Waals surface area contributed by atoms with E-state index in [0.29, 0.717) is 28.1 Å². The molecule has 0 fully saturated rings. The Morgan fingerprint density at radius 3 is 2.50 bits per heavy atom. The number of nitrogens with zero attached hydrogens (tertiary/aromatic N) is 2. The standard InChI is InChI=1S/C21H21BrN4O5S/c1-3-10-31-18-9-4-14(11-17(18)22)21(27)25-15-5-7-16(8-6-15)32(28,29)26-19-12-20(30-2)24-13-23-19/h4-9,11-13H,3,10H2,1-2H3,(H,25,27)(H,23,24,26). The summed E-state index contributed by atoms with van der Waals surface area (Å²) in [5.74, 6) is 0.625. The highest BCUT2D eigenvalue weighted by molar-refractivity contribution is 9.10. The van der Waals surface area contributed by atoms with Gasteiger partial charge in [0, 0.05) is 17.3 Å². The van der Waals surface area contributed by atoms with Crippen LogP contribution in [0.3, 0.4) is 0 Å². The molecule has 0 aliphatic rings. The summed E-state index contributed by atoms with van der Waals surface area (Å²) in [5.41, 5.74) is 0.872. The number of halogens is 1. The van der Waals surface area contributed by atoms with Gasteiger partial charge < -0.3 is 14.8 Å². The summed E-state index contributed by atoms with van der Waals surface area (Å²) >= 11 is 3.40. The van der Waals surface area contributed by atoms with Crippen molar-refractivity contribution >= 4 is 43.4 Å². The zero-order valence-electron chi connectivity index (χ0n) is 17.3. The van der Waals surface area contributed by atoms with Crippen molar-refractivity contribution in [3.8, 4) is 11.6 Å². The van der Waals surface area contributed by atoms with Gasteiger partial charge in [-0.1, -0.05) is 6.92 Å². The third-order valence-corrected chi connectivity index (χ3v) is 6.16. The Kier molecular flexibility index (Phi) is 7.65. The number of carbonyl (C=O) groups excluding carboxylic acids is 1. The Hall–Kier alpha value is -3.18. The highest BCUT2D eigenvalue weighted by atomic mass is 79.9. The number of hydrogen-bond donors (Lipinski definition) is 2. The first-order valence-electron chi connectivity index (χ1n) is 9.55. The smallest absolute Gasteiger partial charge is 0.263 e. The van der Waals surface area contributed by atoms with E-state index in [-0.39, 0.29) is 22.5 Å². The number of benzene rings is 2. The van der Waals surface area contributed by atoms with Crippen molar-refractivity contribution in [3.05, 3.63) is 64.9 Å². The SMILES string of the molecule is CCCOc1ccc(C(=O)Nc2ccc(S(=O)(=O)Nc3cc(OC)ncn3)cc2)cc1Br. The molecular weight excluding hydrogens is 500 g/mol. The zero-order chi connectivity index (χ0) is 23.1. The van der Waals surface area contributed by atoms with Gasteiger partial charge in [-0.25, -0.2) is 18.4 Å². The molecule has 2 aromatic carbocycles. The maximum absolute atomic E-state index is 12.6. The maximum Gasteiger partial charge on any atom is 0.263 e. The lowest BCUT2D eigenvalue weighted by Gasteiger charge is -2.11. The van der Waals surface area contributed by atoms with Crippen LogP contribution in [0.1, 0.15) is 23.7 Å². The molecule has 11 heteroatoms. The fourth-order valence-corrected chi connectivity index (χ4v) is 4.09. The van der Waals surface area contributed by atoms with E-state index in [2.05, 4.69) is 35.9 Å². The first kappa shape index (κ1) is 23.5. The lowest BCUT2D eigenvalue weighted by atomic mass is 10.2. The van der Waals surface area contributed by atoms with Crippen molar-refractivity contribution < 1.29 is 22.7 Å². The topological polar surface area (TPSA) is 120 Å². The Bertz CT molecular complexity index is 1200. The number of hydrogen-bond acceptors (Lipinski definition) is 7. The number of aromatic nitrogens is 2. The molecule has 0 radical (unpaired) electrons. The number of methoxy groups -OCH3 is 1. The van der Waals surface area contributed by atoms with Gasteiger partial charge in [0.15, 0.2) is 0 Å². The second-order valence-corrected chi connectivity index (χ2v) is 9.06. The second kappa shape index (κ2) is 10.4. The molecule has 1 aromatic heterocycles. The normalized spacial score (nSPS) is 11.0. The molecule has 32 heavy (non-hydrogen) atoms. The van der Waals surface area contributed by atoms with E-state index in [1.165, 1.54) is 43.8 Å². The van der Waals surface area contributed by atoms with Crippen LogP contribution in [-0.4, -0.2) is 38.0 Å². The average Bonchev–Trinajstić information content (AvgIpc) is 2.78. The molecule has 3 rings (SSSR count). The summed E-state index contributed by atoms with van der Waals surface area (Å²) < 4.78 is 38.7. The number of ether oxygens (including phenoxy) is 2. The van der Waals surface area contributed by atoms with Crippen LogP contribution in [0.15, 0.2) is 64.2 Å². The average molecular weight is 521 g/mol. The molecular formula is C21H21BrN4O5S. The van der Waals surface area contributed by atoms with Crippen LogP contribution in [-0.2, 0) is 10.0 Å². The molecule has 0 atom stereocenters. The number of amides is 1. The Balaban J connectivity index is 1.68. The zero-order valence-corrected chi connectivity index (χ0v) is 19.7. The molecule has 0 aliphatic heterocycles. The van der Waals surface area contributed by atoms with Crippen molar-refractivity contribution in [2.24, 2.45) is 0 Å². The summed E-state index contributed by atoms with van der Waals surface area (Å²) in [4.78, 5) is 20.3. The van der Waals surface area contributed by atoms with E-state index in [0.717, 1.165) is 6.42 Å². The number of nitrogens with one attached hydrogen (secondary N) is 2. The number of carbonyl (C=O) groups is 1. The summed E-state index contributed by atoms with van der Waals surface area (Å²) in [5, 5.41) is 2.74. The monoisotopic (exact) mass is 520 g/mol. The van der Waals surface area contributed by atoms with Gasteiger partial charge in [-0.05, 0) is 64.8 Å². The lowest BCUT2D eigenvalue weighted by molar-refractivity contribution is 0.102. The Labute approximate surface area is 194 Å². The molecule has 0 aliphatic carbocycles. The molecule has 0 bridgehead atoms. The minimum Gasteiger partial charge on any atom is -0.492 e. The number of anilines is 2. The van der Waals surface area contributed by atoms with Crippen LogP contribution >= 0.6 is 15.9 Å². The first-order valence-corrected chi connectivity index (χ1v) is 11.8. The predicted molar refractivity (Wildman–Crippen MR) is 124 cm³/mol. The highest BCUT2D eigenvalue weighted by Gasteiger charge is 2.16. The van der Waals surface area contributed by atoms with Crippen molar-refractivity contribution in [1.29, 1.82) is 0 Å². The molecule has 0 saturated carbocycles. The number of rotatable bonds is 9. The van der Waals surface area contributed by atoms with Crippen LogP contribution in [0.25, 0.3) is 0 Å². The minimum atomic E-state index is -3.88. The van der Waals surface area contributed by atoms with E-state index >= 15 is 0 Å². The summed E-state index contributed by atoms with van der Waals surface area (Å²) in [6.45, 7) is 2.59. The van der Waals surface area contributed by atoms with Gasteiger partial charge in [-0.2, -0.15) is 0 Å². The van der Waals surface area contributed by atoms with Gasteiger partial charge >= 0.3 is 0 Å². The Morgan fingerprint density at radius 1 is 1.09 bits per heavy atom. The predicted octanol–water partition coefficient (Wildman–Crippen LogP) is 4.09. The molecule has 1 heterocycles. The van der Waals surface area contributed by atoms with E-state index in [1.54, 1.807) is 18.2 Å². The van der Waals surface area contributed by atoms with Gasteiger partial charge in [0.1, 0.15) is 17.9 Å². The molecule has 168 valence electrons. The Morgan fingerprint density at radius 2 is 1.84 bits per heavy atom. The quantitative estimate of drug-likeness (QED) is 0.435. The largest absolute Gasteiger partial charge is 0.492 e. The molecule has 9 nitrogen and oxygen atoms in total. The van der Waals surface area contributed by atoms with Crippen LogP contribution < -0.4 is 19.5 Å². The number of sulfonamides is 1. The summed E-state index contributed by atoms with van der Waals surface area (Å²) in [6.07, 6.45) is 2.07. The van der Waals surface area contributed by atoms with E-state index < -0.39 is 10.0 Å². The van der Waals surface area contributed by atoms with Crippen molar-refractivity contribution in [2.75, 3.05) is 23.8 Å². The van der Waals surface area contributed by atoms with Crippen LogP contribution in [0, 0.1) is 0 Å². The van der Waals surface area contributed by atoms with Gasteiger partial charge in [-0.3, -0.25) is 9.52 Å². The van der Waals surface area contributed by atoms with E-state index in [4.69, 9.17) is 9.47 Å². The van der Waals surface area contributed by atoms with Crippen molar-refractivity contribution in [3.63, 3.8) is 0 Å². The van der Waals surface area contributed by atoms with Gasteiger partial charge in [0.2, 0.25) is 5.88 Å². The second-order valence-electron chi connectivity index (χ2n) is 6.52. The molecule has 0 unspecified atom stereocenters. The highest BCUT2D eigenvalue weighted by Crippen LogP contribution is 2.27.